The van der Waals surface area contributed by atoms with Crippen LogP contribution in [0.2, 0.25) is 0 Å². The second kappa shape index (κ2) is 9.36. The minimum atomic E-state index is -3.13. The smallest absolute Gasteiger partial charge is 0.208 e. The van der Waals surface area contributed by atoms with Crippen molar-refractivity contribution < 1.29 is 17.5 Å². The predicted octanol–water partition coefficient (Wildman–Crippen LogP) is 2.92. The van der Waals surface area contributed by atoms with Gasteiger partial charge in [0.05, 0.1) is 23.7 Å². The van der Waals surface area contributed by atoms with Gasteiger partial charge in [-0.05, 0) is 62.3 Å². The molecule has 2 aliphatic rings. The maximum absolute atomic E-state index is 13.2. The molecule has 0 saturated carbocycles. The number of ether oxygens (including phenoxy) is 1. The van der Waals surface area contributed by atoms with Gasteiger partial charge in [-0.3, -0.25) is 10.00 Å². The standard InChI is InChI=1S/C22H31FN4O3S/c1-31(28,29)25-10-6-17-7-13-30-22(14-17)8-11-27(12-9-22)16-19-15-24-26-21(19)18-2-4-20(23)5-3-18/h2-5,15,17,25H,6-14,16H2,1H3,(H,24,26). The maximum Gasteiger partial charge on any atom is 0.208 e. The zero-order valence-electron chi connectivity index (χ0n) is 17.9. The molecule has 1 aromatic carbocycles. The molecule has 1 unspecified atom stereocenters. The van der Waals surface area contributed by atoms with Crippen LogP contribution in [0.1, 0.15) is 37.7 Å². The minimum Gasteiger partial charge on any atom is -0.375 e. The summed E-state index contributed by atoms with van der Waals surface area (Å²) in [6.45, 7) is 3.93. The van der Waals surface area contributed by atoms with Crippen LogP contribution in [0, 0.1) is 11.7 Å². The van der Waals surface area contributed by atoms with E-state index in [-0.39, 0.29) is 11.4 Å². The molecule has 2 fully saturated rings. The van der Waals surface area contributed by atoms with Crippen molar-refractivity contribution in [3.05, 3.63) is 41.8 Å². The highest BCUT2D eigenvalue weighted by atomic mass is 32.2. The lowest BCUT2D eigenvalue weighted by Crippen LogP contribution is -2.49. The minimum absolute atomic E-state index is 0.0826. The van der Waals surface area contributed by atoms with Crippen molar-refractivity contribution in [2.24, 2.45) is 5.92 Å². The second-order valence-corrected chi connectivity index (χ2v) is 10.7. The summed E-state index contributed by atoms with van der Waals surface area (Å²) < 4.78 is 44.7. The van der Waals surface area contributed by atoms with E-state index in [2.05, 4.69) is 19.8 Å². The van der Waals surface area contributed by atoms with Crippen molar-refractivity contribution in [3.63, 3.8) is 0 Å². The Kier molecular flexibility index (Phi) is 6.76. The molecular weight excluding hydrogens is 419 g/mol. The van der Waals surface area contributed by atoms with E-state index in [1.54, 1.807) is 12.1 Å². The van der Waals surface area contributed by atoms with E-state index in [0.717, 1.165) is 75.2 Å². The molecule has 2 aromatic rings. The van der Waals surface area contributed by atoms with Gasteiger partial charge in [0.1, 0.15) is 5.82 Å². The number of hydrogen-bond donors (Lipinski definition) is 2. The Morgan fingerprint density at radius 2 is 2.03 bits per heavy atom. The van der Waals surface area contributed by atoms with E-state index in [1.165, 1.54) is 18.4 Å². The van der Waals surface area contributed by atoms with Gasteiger partial charge in [0.25, 0.3) is 0 Å². The number of hydrogen-bond acceptors (Lipinski definition) is 5. The van der Waals surface area contributed by atoms with E-state index in [1.807, 2.05) is 6.20 Å². The number of nitrogens with one attached hydrogen (secondary N) is 2. The molecule has 7 nitrogen and oxygen atoms in total. The molecule has 2 N–H and O–H groups in total. The van der Waals surface area contributed by atoms with Gasteiger partial charge in [0, 0.05) is 43.9 Å². The van der Waals surface area contributed by atoms with Crippen LogP contribution in [0.15, 0.2) is 30.5 Å². The molecule has 0 amide bonds. The Labute approximate surface area is 183 Å². The van der Waals surface area contributed by atoms with Crippen LogP contribution in [0.3, 0.4) is 0 Å². The number of H-pyrrole nitrogens is 1. The lowest BCUT2D eigenvalue weighted by atomic mass is 9.78. The Hall–Kier alpha value is -1.81. The fraction of sp³-hybridized carbons (Fsp3) is 0.591. The summed E-state index contributed by atoms with van der Waals surface area (Å²) in [4.78, 5) is 2.42. The van der Waals surface area contributed by atoms with Crippen LogP contribution in [-0.2, 0) is 21.3 Å². The molecule has 1 atom stereocenters. The SMILES string of the molecule is CS(=O)(=O)NCCC1CCOC2(CCN(Cc3cn[nH]c3-c3ccc(F)cc3)CC2)C1. The largest absolute Gasteiger partial charge is 0.375 e. The van der Waals surface area contributed by atoms with Crippen LogP contribution >= 0.6 is 0 Å². The van der Waals surface area contributed by atoms with Crippen molar-refractivity contribution >= 4 is 10.0 Å². The molecule has 170 valence electrons. The summed E-state index contributed by atoms with van der Waals surface area (Å²) >= 11 is 0. The number of piperidine rings is 1. The summed E-state index contributed by atoms with van der Waals surface area (Å²) in [5.41, 5.74) is 2.90. The fourth-order valence-corrected chi connectivity index (χ4v) is 5.32. The molecule has 2 saturated heterocycles. The average molecular weight is 451 g/mol. The van der Waals surface area contributed by atoms with Crippen LogP contribution in [0.4, 0.5) is 4.39 Å². The molecular formula is C22H31FN4O3S. The normalized spacial score (nSPS) is 22.1. The topological polar surface area (TPSA) is 87.3 Å². The van der Waals surface area contributed by atoms with Gasteiger partial charge in [-0.15, -0.1) is 0 Å². The van der Waals surface area contributed by atoms with Crippen molar-refractivity contribution in [1.29, 1.82) is 0 Å². The summed E-state index contributed by atoms with van der Waals surface area (Å²) in [5, 5.41) is 7.26. The first-order valence-electron chi connectivity index (χ1n) is 10.9. The number of likely N-dealkylation sites (tertiary alicyclic amines) is 1. The monoisotopic (exact) mass is 450 g/mol. The van der Waals surface area contributed by atoms with Crippen molar-refractivity contribution in [3.8, 4) is 11.3 Å². The molecule has 0 aliphatic carbocycles. The van der Waals surface area contributed by atoms with Crippen molar-refractivity contribution in [2.45, 2.75) is 44.2 Å². The second-order valence-electron chi connectivity index (χ2n) is 8.90. The molecule has 2 aliphatic heterocycles. The van der Waals surface area contributed by atoms with Crippen LogP contribution in [0.25, 0.3) is 11.3 Å². The molecule has 1 spiro atoms. The zero-order valence-corrected chi connectivity index (χ0v) is 18.8. The highest BCUT2D eigenvalue weighted by Crippen LogP contribution is 2.39. The molecule has 31 heavy (non-hydrogen) atoms. The quantitative estimate of drug-likeness (QED) is 0.677. The average Bonchev–Trinajstić information content (AvgIpc) is 3.18. The van der Waals surface area contributed by atoms with Gasteiger partial charge < -0.3 is 4.74 Å². The Balaban J connectivity index is 1.31. The number of halogens is 1. The number of sulfonamides is 1. The summed E-state index contributed by atoms with van der Waals surface area (Å²) in [6, 6.07) is 6.47. The van der Waals surface area contributed by atoms with Crippen molar-refractivity contribution in [1.82, 2.24) is 19.8 Å². The van der Waals surface area contributed by atoms with Crippen LogP contribution < -0.4 is 4.72 Å². The Morgan fingerprint density at radius 3 is 2.74 bits per heavy atom. The first-order chi connectivity index (χ1) is 14.8. The van der Waals surface area contributed by atoms with Gasteiger partial charge in [-0.2, -0.15) is 5.10 Å². The lowest BCUT2D eigenvalue weighted by molar-refractivity contribution is -0.128. The Morgan fingerprint density at radius 1 is 1.29 bits per heavy atom. The molecule has 3 heterocycles. The number of nitrogens with zero attached hydrogens (tertiary/aromatic N) is 2. The van der Waals surface area contributed by atoms with Crippen molar-refractivity contribution in [2.75, 3.05) is 32.5 Å². The number of aromatic nitrogens is 2. The van der Waals surface area contributed by atoms with Gasteiger partial charge >= 0.3 is 0 Å². The van der Waals surface area contributed by atoms with E-state index < -0.39 is 10.0 Å². The maximum atomic E-state index is 13.2. The summed E-state index contributed by atoms with van der Waals surface area (Å²) in [7, 11) is -3.13. The van der Waals surface area contributed by atoms with Gasteiger partial charge in [0.2, 0.25) is 10.0 Å². The molecule has 0 radical (unpaired) electrons. The van der Waals surface area contributed by atoms with Gasteiger partial charge in [-0.25, -0.2) is 17.5 Å². The lowest BCUT2D eigenvalue weighted by Gasteiger charge is -2.46. The van der Waals surface area contributed by atoms with E-state index in [4.69, 9.17) is 4.74 Å². The number of rotatable bonds is 7. The van der Waals surface area contributed by atoms with Gasteiger partial charge in [0.15, 0.2) is 0 Å². The third-order valence-corrected chi connectivity index (χ3v) is 7.25. The zero-order chi connectivity index (χ0) is 21.9. The predicted molar refractivity (Wildman–Crippen MR) is 117 cm³/mol. The third kappa shape index (κ3) is 5.91. The van der Waals surface area contributed by atoms with E-state index in [0.29, 0.717) is 12.5 Å². The molecule has 0 bridgehead atoms. The van der Waals surface area contributed by atoms with Gasteiger partial charge in [-0.1, -0.05) is 0 Å². The summed E-state index contributed by atoms with van der Waals surface area (Å²) in [5.74, 6) is 0.248. The molecule has 1 aromatic heterocycles. The van der Waals surface area contributed by atoms with Crippen LogP contribution in [0.5, 0.6) is 0 Å². The summed E-state index contributed by atoms with van der Waals surface area (Å²) in [6.07, 6.45) is 7.86. The highest BCUT2D eigenvalue weighted by Gasteiger charge is 2.40. The third-order valence-electron chi connectivity index (χ3n) is 6.52. The highest BCUT2D eigenvalue weighted by molar-refractivity contribution is 7.88. The molecule has 4 rings (SSSR count). The molecule has 9 heteroatoms. The fourth-order valence-electron chi connectivity index (χ4n) is 4.83. The van der Waals surface area contributed by atoms with E-state index >= 15 is 0 Å². The number of aromatic amines is 1. The van der Waals surface area contributed by atoms with E-state index in [9.17, 15) is 12.8 Å². The Bertz CT molecular complexity index is 969. The first kappa shape index (κ1) is 22.4. The first-order valence-corrected chi connectivity index (χ1v) is 12.8. The van der Waals surface area contributed by atoms with Crippen LogP contribution in [-0.4, -0.2) is 61.6 Å². The number of benzene rings is 1.